The monoisotopic (exact) mass is 394 g/mol. The molecule has 0 spiro atoms. The minimum Gasteiger partial charge on any atom is -0.497 e. The Kier molecular flexibility index (Phi) is 5.46. The van der Waals surface area contributed by atoms with E-state index in [9.17, 15) is 9.18 Å². The van der Waals surface area contributed by atoms with Gasteiger partial charge in [0.05, 0.1) is 18.4 Å². The predicted molar refractivity (Wildman–Crippen MR) is 110 cm³/mol. The van der Waals surface area contributed by atoms with Gasteiger partial charge in [0, 0.05) is 25.2 Å². The summed E-state index contributed by atoms with van der Waals surface area (Å²) in [7, 11) is 1.64. The molecule has 0 radical (unpaired) electrons. The second-order valence-electron chi connectivity index (χ2n) is 7.11. The van der Waals surface area contributed by atoms with E-state index in [1.54, 1.807) is 19.2 Å². The number of rotatable bonds is 5. The number of amides is 1. The summed E-state index contributed by atoms with van der Waals surface area (Å²) in [4.78, 5) is 14.6. The van der Waals surface area contributed by atoms with Gasteiger partial charge in [-0.2, -0.15) is 5.10 Å². The summed E-state index contributed by atoms with van der Waals surface area (Å²) >= 11 is 0. The smallest absolute Gasteiger partial charge is 0.254 e. The van der Waals surface area contributed by atoms with E-state index >= 15 is 0 Å². The van der Waals surface area contributed by atoms with Crippen LogP contribution in [0, 0.1) is 5.82 Å². The third kappa shape index (κ3) is 4.23. The summed E-state index contributed by atoms with van der Waals surface area (Å²) in [6.07, 6.45) is 1.78. The van der Waals surface area contributed by atoms with Crippen molar-refractivity contribution in [3.63, 3.8) is 0 Å². The van der Waals surface area contributed by atoms with Crippen LogP contribution in [0.3, 0.4) is 0 Å². The number of nitrogens with one attached hydrogen (secondary N) is 2. The molecule has 0 unspecified atom stereocenters. The number of ether oxygens (including phenoxy) is 1. The maximum Gasteiger partial charge on any atom is 0.254 e. The van der Waals surface area contributed by atoms with Gasteiger partial charge in [-0.05, 0) is 54.8 Å². The van der Waals surface area contributed by atoms with Crippen LogP contribution >= 0.6 is 0 Å². The first kappa shape index (κ1) is 19.0. The van der Waals surface area contributed by atoms with Gasteiger partial charge in [0.1, 0.15) is 11.6 Å². The molecule has 1 aromatic heterocycles. The van der Waals surface area contributed by atoms with Crippen LogP contribution < -0.4 is 15.0 Å². The van der Waals surface area contributed by atoms with Crippen molar-refractivity contribution < 1.29 is 13.9 Å². The van der Waals surface area contributed by atoms with Crippen molar-refractivity contribution in [2.75, 3.05) is 25.1 Å². The third-order valence-electron chi connectivity index (χ3n) is 5.16. The standard InChI is InChI=1S/C22H23FN4O2/c1-29-17-10-8-15(9-11-17)20-13-21(26-25-20)27-12-4-5-16(14-27)24-22(28)18-6-2-3-7-19(18)23/h2-3,6-11,13,16H,4-5,12,14H2,1H3,(H,24,28)(H,25,26)/t16-/m0/s1. The number of piperidine rings is 1. The lowest BCUT2D eigenvalue weighted by atomic mass is 10.0. The summed E-state index contributed by atoms with van der Waals surface area (Å²) in [6.45, 7) is 1.49. The summed E-state index contributed by atoms with van der Waals surface area (Å²) in [5, 5.41) is 10.5. The number of aromatic nitrogens is 2. The minimum atomic E-state index is -0.505. The van der Waals surface area contributed by atoms with Gasteiger partial charge < -0.3 is 15.0 Å². The summed E-state index contributed by atoms with van der Waals surface area (Å²) in [5.74, 6) is 0.753. The van der Waals surface area contributed by atoms with Gasteiger partial charge in [0.15, 0.2) is 5.82 Å². The molecule has 1 amide bonds. The van der Waals surface area contributed by atoms with E-state index < -0.39 is 5.82 Å². The lowest BCUT2D eigenvalue weighted by Crippen LogP contribution is -2.48. The highest BCUT2D eigenvalue weighted by Crippen LogP contribution is 2.25. The first-order valence-corrected chi connectivity index (χ1v) is 9.64. The number of anilines is 1. The van der Waals surface area contributed by atoms with Crippen LogP contribution in [0.4, 0.5) is 10.2 Å². The lowest BCUT2D eigenvalue weighted by molar-refractivity contribution is 0.0929. The normalized spacial score (nSPS) is 16.5. The molecule has 2 aromatic carbocycles. The molecule has 1 saturated heterocycles. The highest BCUT2D eigenvalue weighted by molar-refractivity contribution is 5.94. The molecule has 4 rings (SSSR count). The van der Waals surface area contributed by atoms with Gasteiger partial charge in [0.2, 0.25) is 0 Å². The molecular formula is C22H23FN4O2. The minimum absolute atomic E-state index is 0.0583. The largest absolute Gasteiger partial charge is 0.497 e. The molecular weight excluding hydrogens is 371 g/mol. The predicted octanol–water partition coefficient (Wildman–Crippen LogP) is 3.62. The summed E-state index contributed by atoms with van der Waals surface area (Å²) in [5.41, 5.74) is 2.01. The molecule has 2 N–H and O–H groups in total. The third-order valence-corrected chi connectivity index (χ3v) is 5.16. The van der Waals surface area contributed by atoms with Crippen molar-refractivity contribution >= 4 is 11.7 Å². The number of hydrogen-bond donors (Lipinski definition) is 2. The Bertz CT molecular complexity index is 986. The molecule has 0 saturated carbocycles. The topological polar surface area (TPSA) is 70.2 Å². The molecule has 150 valence electrons. The maximum atomic E-state index is 13.9. The quantitative estimate of drug-likeness (QED) is 0.693. The van der Waals surface area contributed by atoms with Gasteiger partial charge in [-0.15, -0.1) is 0 Å². The fourth-order valence-electron chi connectivity index (χ4n) is 3.60. The van der Waals surface area contributed by atoms with Crippen LogP contribution in [0.5, 0.6) is 5.75 Å². The number of hydrogen-bond acceptors (Lipinski definition) is 4. The van der Waals surface area contributed by atoms with Gasteiger partial charge >= 0.3 is 0 Å². The fourth-order valence-corrected chi connectivity index (χ4v) is 3.60. The Hall–Kier alpha value is -3.35. The number of H-pyrrole nitrogens is 1. The molecule has 0 aliphatic carbocycles. The van der Waals surface area contributed by atoms with Crippen molar-refractivity contribution in [2.24, 2.45) is 0 Å². The highest BCUT2D eigenvalue weighted by Gasteiger charge is 2.24. The van der Waals surface area contributed by atoms with E-state index in [1.165, 1.54) is 12.1 Å². The van der Waals surface area contributed by atoms with Gasteiger partial charge in [-0.3, -0.25) is 9.89 Å². The number of carbonyl (C=O) groups is 1. The van der Waals surface area contributed by atoms with Crippen LogP contribution in [0.2, 0.25) is 0 Å². The molecule has 2 heterocycles. The number of benzene rings is 2. The van der Waals surface area contributed by atoms with Gasteiger partial charge in [0.25, 0.3) is 5.91 Å². The van der Waals surface area contributed by atoms with Gasteiger partial charge in [-0.25, -0.2) is 4.39 Å². The average Bonchev–Trinajstić information content (AvgIpc) is 3.24. The summed E-state index contributed by atoms with van der Waals surface area (Å²) in [6, 6.07) is 15.7. The summed E-state index contributed by atoms with van der Waals surface area (Å²) < 4.78 is 19.1. The Balaban J connectivity index is 1.43. The second-order valence-corrected chi connectivity index (χ2v) is 7.11. The first-order chi connectivity index (χ1) is 14.1. The Morgan fingerprint density at radius 1 is 1.24 bits per heavy atom. The van der Waals surface area contributed by atoms with Crippen molar-refractivity contribution in [1.29, 1.82) is 0 Å². The number of aromatic amines is 1. The Morgan fingerprint density at radius 3 is 2.79 bits per heavy atom. The van der Waals surface area contributed by atoms with Crippen LogP contribution in [0.1, 0.15) is 23.2 Å². The molecule has 3 aromatic rings. The number of carbonyl (C=O) groups excluding carboxylic acids is 1. The molecule has 7 heteroatoms. The van der Waals surface area contributed by atoms with E-state index in [1.807, 2.05) is 30.3 Å². The molecule has 0 bridgehead atoms. The van der Waals surface area contributed by atoms with Crippen molar-refractivity contribution in [1.82, 2.24) is 15.5 Å². The molecule has 29 heavy (non-hydrogen) atoms. The average molecular weight is 394 g/mol. The zero-order chi connectivity index (χ0) is 20.2. The van der Waals surface area contributed by atoms with E-state index in [-0.39, 0.29) is 17.5 Å². The zero-order valence-electron chi connectivity index (χ0n) is 16.2. The highest BCUT2D eigenvalue weighted by atomic mass is 19.1. The van der Waals surface area contributed by atoms with E-state index in [0.29, 0.717) is 6.54 Å². The molecule has 6 nitrogen and oxygen atoms in total. The van der Waals surface area contributed by atoms with Gasteiger partial charge in [-0.1, -0.05) is 12.1 Å². The lowest BCUT2D eigenvalue weighted by Gasteiger charge is -2.33. The van der Waals surface area contributed by atoms with E-state index in [0.717, 1.165) is 42.2 Å². The first-order valence-electron chi connectivity index (χ1n) is 9.64. The maximum absolute atomic E-state index is 13.9. The molecule has 1 aliphatic rings. The SMILES string of the molecule is COc1ccc(-c2cc(N3CCC[C@H](NC(=O)c4ccccc4F)C3)n[nH]2)cc1. The molecule has 1 fully saturated rings. The number of nitrogens with zero attached hydrogens (tertiary/aromatic N) is 2. The van der Waals surface area contributed by atoms with Crippen molar-refractivity contribution in [3.05, 3.63) is 66.0 Å². The fraction of sp³-hybridized carbons (Fsp3) is 0.273. The number of halogens is 1. The van der Waals surface area contributed by atoms with E-state index in [4.69, 9.17) is 4.74 Å². The van der Waals surface area contributed by atoms with E-state index in [2.05, 4.69) is 20.4 Å². The molecule has 1 aliphatic heterocycles. The van der Waals surface area contributed by atoms with Crippen LogP contribution in [-0.4, -0.2) is 42.3 Å². The van der Waals surface area contributed by atoms with Crippen LogP contribution in [0.25, 0.3) is 11.3 Å². The van der Waals surface area contributed by atoms with Crippen LogP contribution in [-0.2, 0) is 0 Å². The van der Waals surface area contributed by atoms with Crippen molar-refractivity contribution in [3.8, 4) is 17.0 Å². The second kappa shape index (κ2) is 8.34. The Morgan fingerprint density at radius 2 is 2.03 bits per heavy atom. The number of methoxy groups -OCH3 is 1. The zero-order valence-corrected chi connectivity index (χ0v) is 16.2. The van der Waals surface area contributed by atoms with Crippen molar-refractivity contribution in [2.45, 2.75) is 18.9 Å². The van der Waals surface area contributed by atoms with Crippen LogP contribution in [0.15, 0.2) is 54.6 Å². The molecule has 1 atom stereocenters. The Labute approximate surface area is 168 Å².